The van der Waals surface area contributed by atoms with Crippen LogP contribution < -0.4 is 0 Å². The summed E-state index contributed by atoms with van der Waals surface area (Å²) in [5.74, 6) is 0. The number of aldehydes is 1. The molecule has 3 nitrogen and oxygen atoms in total. The lowest BCUT2D eigenvalue weighted by molar-refractivity contribution is 0.112. The molecule has 126 valence electrons. The van der Waals surface area contributed by atoms with Crippen LogP contribution in [0, 0.1) is 0 Å². The number of aromatic nitrogens is 2. The van der Waals surface area contributed by atoms with E-state index in [1.165, 1.54) is 11.4 Å². The number of hydrogen-bond donors (Lipinski definition) is 0. The minimum absolute atomic E-state index is 0.652. The maximum absolute atomic E-state index is 10.1. The van der Waals surface area contributed by atoms with E-state index in [1.807, 2.05) is 13.8 Å². The van der Waals surface area contributed by atoms with Gasteiger partial charge < -0.3 is 0 Å². The first-order chi connectivity index (χ1) is 11.2. The van der Waals surface area contributed by atoms with Crippen LogP contribution in [0.1, 0.15) is 62.3 Å². The van der Waals surface area contributed by atoms with Crippen LogP contribution in [0.4, 0.5) is 0 Å². The Kier molecular flexibility index (Phi) is 12.8. The van der Waals surface area contributed by atoms with Crippen molar-refractivity contribution < 1.29 is 4.79 Å². The zero-order valence-electron chi connectivity index (χ0n) is 14.6. The number of hydrogen-bond acceptors (Lipinski definition) is 3. The molecule has 0 radical (unpaired) electrons. The van der Waals surface area contributed by atoms with E-state index < -0.39 is 0 Å². The van der Waals surface area contributed by atoms with Gasteiger partial charge in [-0.3, -0.25) is 4.79 Å². The topological polar surface area (TPSA) is 42.9 Å². The molecule has 0 fully saturated rings. The van der Waals surface area contributed by atoms with E-state index >= 15 is 0 Å². The van der Waals surface area contributed by atoms with Gasteiger partial charge in [-0.15, -0.1) is 0 Å². The van der Waals surface area contributed by atoms with Crippen molar-refractivity contribution in [2.75, 3.05) is 0 Å². The van der Waals surface area contributed by atoms with E-state index in [2.05, 4.69) is 29.9 Å². The molecule has 0 saturated carbocycles. The van der Waals surface area contributed by atoms with E-state index in [-0.39, 0.29) is 0 Å². The molecule has 0 spiro atoms. The van der Waals surface area contributed by atoms with Gasteiger partial charge >= 0.3 is 0 Å². The van der Waals surface area contributed by atoms with Crippen LogP contribution in [0.25, 0.3) is 0 Å². The van der Waals surface area contributed by atoms with Gasteiger partial charge in [0.05, 0.1) is 0 Å². The number of carbonyl (C=O) groups excluding carboxylic acids is 1. The number of carbonyl (C=O) groups is 1. The average Bonchev–Trinajstić information content (AvgIpc) is 2.59. The summed E-state index contributed by atoms with van der Waals surface area (Å²) in [5.41, 5.74) is 3.01. The third-order valence-corrected chi connectivity index (χ3v) is 3.05. The summed E-state index contributed by atoms with van der Waals surface area (Å²) in [6.07, 6.45) is 6.91. The predicted molar refractivity (Wildman–Crippen MR) is 98.2 cm³/mol. The summed E-state index contributed by atoms with van der Waals surface area (Å²) in [6, 6.07) is 8.84. The van der Waals surface area contributed by atoms with Gasteiger partial charge in [0, 0.05) is 22.0 Å². The molecule has 0 unspecified atom stereocenters. The molecule has 0 amide bonds. The van der Waals surface area contributed by atoms with Crippen LogP contribution in [0.2, 0.25) is 5.02 Å². The molecule has 4 heteroatoms. The van der Waals surface area contributed by atoms with E-state index in [4.69, 9.17) is 11.6 Å². The van der Waals surface area contributed by atoms with Crippen molar-refractivity contribution in [1.82, 2.24) is 9.97 Å². The minimum Gasteiger partial charge on any atom is -0.298 e. The smallest absolute Gasteiger partial charge is 0.150 e. The molecule has 1 heterocycles. The van der Waals surface area contributed by atoms with Crippen molar-refractivity contribution in [3.63, 3.8) is 0 Å². The lowest BCUT2D eigenvalue weighted by atomic mass is 10.2. The van der Waals surface area contributed by atoms with Crippen molar-refractivity contribution in [3.05, 3.63) is 58.6 Å². The highest BCUT2D eigenvalue weighted by Gasteiger charge is 1.96. The molecule has 0 bridgehead atoms. The number of aryl methyl sites for hydroxylation is 2. The highest BCUT2D eigenvalue weighted by atomic mass is 35.5. The second kappa shape index (κ2) is 13.9. The summed E-state index contributed by atoms with van der Waals surface area (Å²) in [4.78, 5) is 18.5. The zero-order valence-corrected chi connectivity index (χ0v) is 15.3. The van der Waals surface area contributed by atoms with E-state index in [0.29, 0.717) is 10.6 Å². The lowest BCUT2D eigenvalue weighted by Crippen LogP contribution is -1.95. The number of rotatable bonds is 5. The van der Waals surface area contributed by atoms with Gasteiger partial charge in [0.1, 0.15) is 12.6 Å². The van der Waals surface area contributed by atoms with Crippen molar-refractivity contribution in [2.45, 2.75) is 53.4 Å². The molecule has 1 aromatic heterocycles. The molecule has 23 heavy (non-hydrogen) atoms. The van der Waals surface area contributed by atoms with Gasteiger partial charge in [-0.25, -0.2) is 9.97 Å². The summed E-state index contributed by atoms with van der Waals surface area (Å²) < 4.78 is 0. The Hall–Kier alpha value is -1.74. The molecule has 0 aliphatic carbocycles. The fourth-order valence-electron chi connectivity index (χ4n) is 1.77. The van der Waals surface area contributed by atoms with Crippen LogP contribution in [-0.2, 0) is 12.8 Å². The fraction of sp³-hybridized carbons (Fsp3) is 0.421. The first-order valence-corrected chi connectivity index (χ1v) is 8.57. The van der Waals surface area contributed by atoms with Crippen LogP contribution in [0.5, 0.6) is 0 Å². The van der Waals surface area contributed by atoms with Crippen molar-refractivity contribution in [1.29, 1.82) is 0 Å². The summed E-state index contributed by atoms with van der Waals surface area (Å²) in [6.45, 7) is 8.34. The predicted octanol–water partition coefficient (Wildman–Crippen LogP) is 5.56. The van der Waals surface area contributed by atoms with Crippen LogP contribution in [0.3, 0.4) is 0 Å². The highest BCUT2D eigenvalue weighted by Crippen LogP contribution is 2.07. The first kappa shape index (κ1) is 21.3. The lowest BCUT2D eigenvalue weighted by Gasteiger charge is -2.00. The Morgan fingerprint density at radius 2 is 1.43 bits per heavy atom. The third kappa shape index (κ3) is 9.80. The largest absolute Gasteiger partial charge is 0.298 e. The molecule has 0 N–H and O–H groups in total. The normalized spacial score (nSPS) is 9.09. The van der Waals surface area contributed by atoms with E-state index in [0.717, 1.165) is 32.0 Å². The average molecular weight is 335 g/mol. The Morgan fingerprint density at radius 3 is 1.83 bits per heavy atom. The Labute approximate surface area is 145 Å². The number of nitrogens with zero attached hydrogens (tertiary/aromatic N) is 2. The molecule has 1 aromatic carbocycles. The van der Waals surface area contributed by atoms with Crippen LogP contribution in [0.15, 0.2) is 36.7 Å². The number of halogens is 1. The van der Waals surface area contributed by atoms with Gasteiger partial charge in [-0.05, 0) is 31.0 Å². The molecular weight excluding hydrogens is 308 g/mol. The molecule has 2 rings (SSSR count). The molecule has 0 saturated heterocycles. The standard InChI is InChI=1S/C10H16N2.C7H5ClO.C2H6/c1-3-5-9-7-10(6-4-2)12-8-11-9;8-7-3-1-6(5-9)2-4-7;1-2/h7-8H,3-6H2,1-2H3;1-5H;1-2H3. The minimum atomic E-state index is 0.652. The fourth-order valence-corrected chi connectivity index (χ4v) is 1.90. The van der Waals surface area contributed by atoms with Crippen molar-refractivity contribution in [2.24, 2.45) is 0 Å². The highest BCUT2D eigenvalue weighted by molar-refractivity contribution is 6.30. The molecule has 0 atom stereocenters. The summed E-state index contributed by atoms with van der Waals surface area (Å²) in [5, 5.41) is 0.653. The molecule has 0 aliphatic rings. The van der Waals surface area contributed by atoms with Gasteiger partial charge in [-0.2, -0.15) is 0 Å². The van der Waals surface area contributed by atoms with Gasteiger partial charge in [0.15, 0.2) is 0 Å². The Balaban J connectivity index is 0.000000392. The maximum Gasteiger partial charge on any atom is 0.150 e. The Morgan fingerprint density at radius 1 is 0.957 bits per heavy atom. The van der Waals surface area contributed by atoms with Crippen LogP contribution >= 0.6 is 11.6 Å². The van der Waals surface area contributed by atoms with Gasteiger partial charge in [0.2, 0.25) is 0 Å². The monoisotopic (exact) mass is 334 g/mol. The summed E-state index contributed by atoms with van der Waals surface area (Å²) in [7, 11) is 0. The van der Waals surface area contributed by atoms with Crippen molar-refractivity contribution >= 4 is 17.9 Å². The molecule has 2 aromatic rings. The quantitative estimate of drug-likeness (QED) is 0.672. The first-order valence-electron chi connectivity index (χ1n) is 8.20. The van der Waals surface area contributed by atoms with Crippen molar-refractivity contribution in [3.8, 4) is 0 Å². The van der Waals surface area contributed by atoms with E-state index in [9.17, 15) is 4.79 Å². The van der Waals surface area contributed by atoms with E-state index in [1.54, 1.807) is 30.6 Å². The zero-order chi connectivity index (χ0) is 17.5. The van der Waals surface area contributed by atoms with Gasteiger partial charge in [0.25, 0.3) is 0 Å². The SMILES string of the molecule is CC.CCCc1cc(CCC)ncn1.O=Cc1ccc(Cl)cc1. The second-order valence-corrected chi connectivity index (χ2v) is 5.11. The second-order valence-electron chi connectivity index (χ2n) is 4.67. The van der Waals surface area contributed by atoms with Gasteiger partial charge in [-0.1, -0.05) is 64.3 Å². The molecular formula is C19H27ClN2O. The third-order valence-electron chi connectivity index (χ3n) is 2.80. The number of benzene rings is 1. The summed E-state index contributed by atoms with van der Waals surface area (Å²) >= 11 is 5.55. The molecule has 0 aliphatic heterocycles. The Bertz CT molecular complexity index is 520. The maximum atomic E-state index is 10.1. The van der Waals surface area contributed by atoms with Crippen LogP contribution in [-0.4, -0.2) is 16.3 Å².